The van der Waals surface area contributed by atoms with E-state index in [1.165, 1.54) is 7.11 Å². The summed E-state index contributed by atoms with van der Waals surface area (Å²) in [5, 5.41) is 0. The van der Waals surface area contributed by atoms with Gasteiger partial charge in [-0.1, -0.05) is 6.08 Å². The van der Waals surface area contributed by atoms with Crippen molar-refractivity contribution in [3.8, 4) is 0 Å². The second-order valence-electron chi connectivity index (χ2n) is 2.60. The zero-order chi connectivity index (χ0) is 7.90. The van der Waals surface area contributed by atoms with Crippen LogP contribution in [0.1, 0.15) is 0 Å². The maximum absolute atomic E-state index is 11.4. The van der Waals surface area contributed by atoms with Crippen molar-refractivity contribution in [1.82, 2.24) is 0 Å². The van der Waals surface area contributed by atoms with Crippen LogP contribution in [-0.2, 0) is 14.3 Å². The van der Waals surface area contributed by atoms with Gasteiger partial charge < -0.3 is 9.47 Å². The lowest BCUT2D eigenvalue weighted by atomic mass is 9.99. The number of hydrogen-bond acceptors (Lipinski definition) is 3. The summed E-state index contributed by atoms with van der Waals surface area (Å²) in [6, 6.07) is 0. The summed E-state index contributed by atoms with van der Waals surface area (Å²) in [7, 11) is 1.49. The predicted octanol–water partition coefficient (Wildman–Crippen LogP) is 0.425. The van der Waals surface area contributed by atoms with Crippen molar-refractivity contribution in [1.29, 1.82) is 0 Å². The van der Waals surface area contributed by atoms with Crippen LogP contribution in [0, 0.1) is 0 Å². The molecule has 0 N–H and O–H groups in total. The second kappa shape index (κ2) is 1.95. The maximum Gasteiger partial charge on any atom is 0.235 e. The molecule has 2 rings (SSSR count). The van der Waals surface area contributed by atoms with E-state index in [4.69, 9.17) is 9.47 Å². The highest BCUT2D eigenvalue weighted by molar-refractivity contribution is 6.05. The van der Waals surface area contributed by atoms with E-state index in [9.17, 15) is 4.79 Å². The molecule has 0 bridgehead atoms. The van der Waals surface area contributed by atoms with Crippen LogP contribution >= 0.6 is 0 Å². The first-order valence-electron chi connectivity index (χ1n) is 3.41. The molecule has 1 aliphatic carbocycles. The molecule has 0 aromatic rings. The number of hydrogen-bond donors (Lipinski definition) is 0. The Balaban J connectivity index is 2.31. The van der Waals surface area contributed by atoms with E-state index < -0.39 is 5.60 Å². The van der Waals surface area contributed by atoms with Gasteiger partial charge in [-0.2, -0.15) is 0 Å². The standard InChI is InChI=1S/C8H8O3/c1-10-6-3-2-4-8(5-11-8)7(6)9/h2-4H,5H2,1H3. The lowest BCUT2D eigenvalue weighted by molar-refractivity contribution is -0.122. The first-order chi connectivity index (χ1) is 5.28. The predicted molar refractivity (Wildman–Crippen MR) is 37.9 cm³/mol. The summed E-state index contributed by atoms with van der Waals surface area (Å²) in [5.74, 6) is 0.312. The van der Waals surface area contributed by atoms with E-state index in [0.29, 0.717) is 12.4 Å². The molecule has 1 aliphatic heterocycles. The van der Waals surface area contributed by atoms with Crippen molar-refractivity contribution >= 4 is 5.78 Å². The lowest BCUT2D eigenvalue weighted by Gasteiger charge is -2.11. The number of methoxy groups -OCH3 is 1. The maximum atomic E-state index is 11.4. The van der Waals surface area contributed by atoms with E-state index in [1.807, 2.05) is 0 Å². The van der Waals surface area contributed by atoms with Gasteiger partial charge in [-0.25, -0.2) is 0 Å². The number of carbonyl (C=O) groups is 1. The lowest BCUT2D eigenvalue weighted by Crippen LogP contribution is -2.26. The normalized spacial score (nSPS) is 33.9. The van der Waals surface area contributed by atoms with Gasteiger partial charge in [-0.15, -0.1) is 0 Å². The molecule has 58 valence electrons. The zero-order valence-electron chi connectivity index (χ0n) is 6.16. The van der Waals surface area contributed by atoms with Gasteiger partial charge in [0.25, 0.3) is 0 Å². The van der Waals surface area contributed by atoms with Crippen molar-refractivity contribution in [3.63, 3.8) is 0 Å². The fourth-order valence-corrected chi connectivity index (χ4v) is 1.12. The molecule has 3 nitrogen and oxygen atoms in total. The summed E-state index contributed by atoms with van der Waals surface area (Å²) in [4.78, 5) is 11.4. The third-order valence-electron chi connectivity index (χ3n) is 1.90. The third-order valence-corrected chi connectivity index (χ3v) is 1.90. The van der Waals surface area contributed by atoms with E-state index in [-0.39, 0.29) is 5.78 Å². The van der Waals surface area contributed by atoms with E-state index in [1.54, 1.807) is 18.2 Å². The minimum absolute atomic E-state index is 0.0671. The molecule has 11 heavy (non-hydrogen) atoms. The topological polar surface area (TPSA) is 38.8 Å². The molecule has 1 fully saturated rings. The number of Topliss-reactive ketones (excluding diaryl/α,β-unsaturated/α-hetero) is 1. The van der Waals surface area contributed by atoms with Crippen LogP contribution in [0.25, 0.3) is 0 Å². The Bertz CT molecular complexity index is 259. The Labute approximate surface area is 64.3 Å². The largest absolute Gasteiger partial charge is 0.493 e. The summed E-state index contributed by atoms with van der Waals surface area (Å²) in [5.41, 5.74) is -0.653. The van der Waals surface area contributed by atoms with Gasteiger partial charge in [-0.05, 0) is 12.2 Å². The molecule has 1 heterocycles. The molecule has 0 radical (unpaired) electrons. The Morgan fingerprint density at radius 3 is 3.00 bits per heavy atom. The Morgan fingerprint density at radius 1 is 1.73 bits per heavy atom. The summed E-state index contributed by atoms with van der Waals surface area (Å²) >= 11 is 0. The van der Waals surface area contributed by atoms with Crippen LogP contribution in [-0.4, -0.2) is 25.1 Å². The smallest absolute Gasteiger partial charge is 0.235 e. The average molecular weight is 152 g/mol. The summed E-state index contributed by atoms with van der Waals surface area (Å²) in [6.07, 6.45) is 5.19. The molecule has 0 aromatic heterocycles. The van der Waals surface area contributed by atoms with E-state index >= 15 is 0 Å². The molecule has 1 saturated heterocycles. The summed E-state index contributed by atoms with van der Waals surface area (Å²) in [6.45, 7) is 0.489. The average Bonchev–Trinajstić information content (AvgIpc) is 2.77. The highest BCUT2D eigenvalue weighted by Crippen LogP contribution is 2.34. The molecule has 1 unspecified atom stereocenters. The van der Waals surface area contributed by atoms with Gasteiger partial charge in [0.2, 0.25) is 5.78 Å². The molecular weight excluding hydrogens is 144 g/mol. The van der Waals surface area contributed by atoms with Gasteiger partial charge in [0.05, 0.1) is 13.7 Å². The van der Waals surface area contributed by atoms with Crippen LogP contribution in [0.4, 0.5) is 0 Å². The molecule has 3 heteroatoms. The fraction of sp³-hybridized carbons (Fsp3) is 0.375. The highest BCUT2D eigenvalue weighted by Gasteiger charge is 2.52. The zero-order valence-corrected chi connectivity index (χ0v) is 6.16. The number of ketones is 1. The Hall–Kier alpha value is -1.09. The molecule has 1 atom stereocenters. The van der Waals surface area contributed by atoms with Gasteiger partial charge in [0.1, 0.15) is 0 Å². The monoisotopic (exact) mass is 152 g/mol. The SMILES string of the molecule is COC1=CC=CC2(CO2)C1=O. The Morgan fingerprint density at radius 2 is 2.45 bits per heavy atom. The summed E-state index contributed by atoms with van der Waals surface area (Å²) < 4.78 is 9.88. The highest BCUT2D eigenvalue weighted by atomic mass is 16.6. The van der Waals surface area contributed by atoms with Gasteiger partial charge in [-0.3, -0.25) is 4.79 Å². The quantitative estimate of drug-likeness (QED) is 0.511. The molecule has 1 spiro atoms. The van der Waals surface area contributed by atoms with Crippen LogP contribution in [0.15, 0.2) is 24.0 Å². The minimum atomic E-state index is -0.653. The molecule has 0 saturated carbocycles. The van der Waals surface area contributed by atoms with Crippen molar-refractivity contribution < 1.29 is 14.3 Å². The van der Waals surface area contributed by atoms with Crippen LogP contribution in [0.2, 0.25) is 0 Å². The first kappa shape index (κ1) is 6.61. The fourth-order valence-electron chi connectivity index (χ4n) is 1.12. The Kier molecular flexibility index (Phi) is 1.17. The van der Waals surface area contributed by atoms with Crippen LogP contribution in [0.3, 0.4) is 0 Å². The second-order valence-corrected chi connectivity index (χ2v) is 2.60. The molecule has 0 amide bonds. The molecule has 2 aliphatic rings. The van der Waals surface area contributed by atoms with E-state index in [0.717, 1.165) is 0 Å². The van der Waals surface area contributed by atoms with Crippen molar-refractivity contribution in [2.45, 2.75) is 5.60 Å². The van der Waals surface area contributed by atoms with Gasteiger partial charge >= 0.3 is 0 Å². The number of carbonyl (C=O) groups excluding carboxylic acids is 1. The number of epoxide rings is 1. The number of ether oxygens (including phenoxy) is 2. The van der Waals surface area contributed by atoms with Crippen molar-refractivity contribution in [2.75, 3.05) is 13.7 Å². The van der Waals surface area contributed by atoms with Gasteiger partial charge in [0.15, 0.2) is 11.4 Å². The van der Waals surface area contributed by atoms with Crippen molar-refractivity contribution in [2.24, 2.45) is 0 Å². The van der Waals surface area contributed by atoms with E-state index in [2.05, 4.69) is 0 Å². The number of rotatable bonds is 1. The third kappa shape index (κ3) is 0.811. The van der Waals surface area contributed by atoms with Crippen LogP contribution < -0.4 is 0 Å². The minimum Gasteiger partial charge on any atom is -0.493 e. The molecular formula is C8H8O3. The van der Waals surface area contributed by atoms with Crippen molar-refractivity contribution in [3.05, 3.63) is 24.0 Å². The number of allylic oxidation sites excluding steroid dienone is 2. The molecule has 0 aromatic carbocycles. The first-order valence-corrected chi connectivity index (χ1v) is 3.41. The van der Waals surface area contributed by atoms with Gasteiger partial charge in [0, 0.05) is 0 Å². The van der Waals surface area contributed by atoms with Crippen LogP contribution in [0.5, 0.6) is 0 Å².